The van der Waals surface area contributed by atoms with Gasteiger partial charge < -0.3 is 21.7 Å². The van der Waals surface area contributed by atoms with Crippen LogP contribution in [0.25, 0.3) is 0 Å². The maximum atomic E-state index is 14.3. The molecule has 1 aliphatic heterocycles. The number of rotatable bonds is 12. The quantitative estimate of drug-likeness (QED) is 0.240. The van der Waals surface area contributed by atoms with E-state index in [1.54, 1.807) is 0 Å². The predicted octanol–water partition coefficient (Wildman–Crippen LogP) is 2.12. The van der Waals surface area contributed by atoms with Gasteiger partial charge in [-0.2, -0.15) is 0 Å². The first-order valence-corrected chi connectivity index (χ1v) is 17.4. The van der Waals surface area contributed by atoms with Gasteiger partial charge in [-0.25, -0.2) is 13.2 Å². The molecule has 1 heterocycles. The Bertz CT molecular complexity index is 1270. The normalized spacial score (nSPS) is 30.9. The Balaban J connectivity index is 1.53. The van der Waals surface area contributed by atoms with Gasteiger partial charge in [0.25, 0.3) is 5.91 Å². The highest BCUT2D eigenvalue weighted by atomic mass is 32.2. The lowest BCUT2D eigenvalue weighted by Crippen LogP contribution is -2.59. The molecule has 0 aromatic carbocycles. The van der Waals surface area contributed by atoms with Gasteiger partial charge in [0.2, 0.25) is 11.7 Å². The van der Waals surface area contributed by atoms with Gasteiger partial charge in [0.05, 0.1) is 29.0 Å². The first kappa shape index (κ1) is 33.4. The fraction of sp³-hybridized carbons (Fsp3) is 0.839. The number of hydrogen-bond donors (Lipinski definition) is 4. The Hall–Kier alpha value is -2.50. The molecule has 8 atom stereocenters. The van der Waals surface area contributed by atoms with Crippen molar-refractivity contribution in [1.82, 2.24) is 16.0 Å². The van der Waals surface area contributed by atoms with Crippen molar-refractivity contribution in [2.45, 2.75) is 110 Å². The Kier molecular flexibility index (Phi) is 9.15. The number of ketones is 2. The highest BCUT2D eigenvalue weighted by molar-refractivity contribution is 7.92. The number of hydrogen-bond acceptors (Lipinski definition) is 7. The Morgan fingerprint density at radius 3 is 2.09 bits per heavy atom. The van der Waals surface area contributed by atoms with Gasteiger partial charge in [0, 0.05) is 12.0 Å². The lowest BCUT2D eigenvalue weighted by molar-refractivity contribution is -0.141. The third-order valence-electron chi connectivity index (χ3n) is 10.5. The average Bonchev–Trinajstić information content (AvgIpc) is 3.67. The molecule has 4 fully saturated rings. The van der Waals surface area contributed by atoms with Crippen molar-refractivity contribution in [1.29, 1.82) is 0 Å². The van der Waals surface area contributed by atoms with Crippen molar-refractivity contribution in [3.8, 4) is 0 Å². The molecule has 43 heavy (non-hydrogen) atoms. The summed E-state index contributed by atoms with van der Waals surface area (Å²) < 4.78 is 25.3. The molecule has 3 saturated carbocycles. The first-order chi connectivity index (χ1) is 19.8. The van der Waals surface area contributed by atoms with Crippen molar-refractivity contribution in [3.63, 3.8) is 0 Å². The van der Waals surface area contributed by atoms with E-state index in [2.05, 4.69) is 29.8 Å². The molecule has 1 saturated heterocycles. The number of Topliss-reactive ketones (excluding diaryl/α,β-unsaturated/α-hetero) is 2. The second-order valence-corrected chi connectivity index (χ2v) is 17.8. The summed E-state index contributed by atoms with van der Waals surface area (Å²) in [5.41, 5.74) is 4.42. The van der Waals surface area contributed by atoms with E-state index in [0.29, 0.717) is 25.7 Å². The monoisotopic (exact) mass is 622 g/mol. The molecular weight excluding hydrogens is 572 g/mol. The van der Waals surface area contributed by atoms with E-state index < -0.39 is 74.1 Å². The Labute approximate surface area is 255 Å². The largest absolute Gasteiger partial charge is 0.363 e. The summed E-state index contributed by atoms with van der Waals surface area (Å²) in [7, 11) is -3.32. The zero-order valence-corrected chi connectivity index (χ0v) is 27.4. The predicted molar refractivity (Wildman–Crippen MR) is 161 cm³/mol. The molecule has 0 spiro atoms. The molecule has 0 bridgehead atoms. The van der Waals surface area contributed by atoms with E-state index in [-0.39, 0.29) is 40.6 Å². The molecule has 0 aromatic rings. The van der Waals surface area contributed by atoms with Gasteiger partial charge >= 0.3 is 6.03 Å². The van der Waals surface area contributed by atoms with Crippen LogP contribution in [0.1, 0.15) is 87.0 Å². The van der Waals surface area contributed by atoms with E-state index in [1.165, 1.54) is 0 Å². The molecule has 242 valence electrons. The third kappa shape index (κ3) is 6.93. The molecule has 11 nitrogen and oxygen atoms in total. The minimum atomic E-state index is -3.32. The van der Waals surface area contributed by atoms with Crippen molar-refractivity contribution in [2.75, 3.05) is 5.75 Å². The molecule has 4 rings (SSSR count). The molecule has 0 radical (unpaired) electrons. The van der Waals surface area contributed by atoms with Gasteiger partial charge in [0.1, 0.15) is 0 Å². The second-order valence-electron chi connectivity index (χ2n) is 15.4. The van der Waals surface area contributed by atoms with Crippen LogP contribution >= 0.6 is 0 Å². The third-order valence-corrected chi connectivity index (χ3v) is 12.8. The number of urea groups is 1. The van der Waals surface area contributed by atoms with Crippen molar-refractivity contribution >= 4 is 39.2 Å². The van der Waals surface area contributed by atoms with E-state index in [1.807, 2.05) is 34.6 Å². The van der Waals surface area contributed by atoms with E-state index in [9.17, 15) is 32.4 Å². The van der Waals surface area contributed by atoms with Crippen LogP contribution in [0.2, 0.25) is 0 Å². The van der Waals surface area contributed by atoms with Gasteiger partial charge in [-0.1, -0.05) is 61.3 Å². The summed E-state index contributed by atoms with van der Waals surface area (Å²) in [5.74, 6) is -3.74. The van der Waals surface area contributed by atoms with Crippen LogP contribution in [0, 0.1) is 46.3 Å². The molecule has 4 unspecified atom stereocenters. The van der Waals surface area contributed by atoms with Crippen LogP contribution in [-0.2, 0) is 29.0 Å². The average molecular weight is 623 g/mol. The smallest absolute Gasteiger partial charge is 0.315 e. The molecule has 4 amide bonds. The van der Waals surface area contributed by atoms with Gasteiger partial charge in [-0.15, -0.1) is 0 Å². The van der Waals surface area contributed by atoms with Crippen LogP contribution in [-0.4, -0.2) is 67.0 Å². The highest BCUT2D eigenvalue weighted by Crippen LogP contribution is 2.71. The van der Waals surface area contributed by atoms with Crippen molar-refractivity contribution in [3.05, 3.63) is 0 Å². The number of amides is 4. The zero-order chi connectivity index (χ0) is 32.2. The van der Waals surface area contributed by atoms with Gasteiger partial charge in [-0.05, 0) is 60.2 Å². The Morgan fingerprint density at radius 2 is 1.60 bits per heavy atom. The summed E-state index contributed by atoms with van der Waals surface area (Å²) >= 11 is 0. The summed E-state index contributed by atoms with van der Waals surface area (Å²) in [6.45, 7) is 13.4. The van der Waals surface area contributed by atoms with Crippen LogP contribution in [0.4, 0.5) is 4.79 Å². The number of primary amides is 1. The van der Waals surface area contributed by atoms with E-state index in [4.69, 9.17) is 5.73 Å². The van der Waals surface area contributed by atoms with Crippen LogP contribution in [0.3, 0.4) is 0 Å². The fourth-order valence-corrected chi connectivity index (χ4v) is 10.0. The minimum Gasteiger partial charge on any atom is -0.363 e. The number of carbonyl (C=O) groups excluding carboxylic acids is 5. The fourth-order valence-electron chi connectivity index (χ4n) is 7.78. The van der Waals surface area contributed by atoms with Gasteiger partial charge in [-0.3, -0.25) is 19.2 Å². The summed E-state index contributed by atoms with van der Waals surface area (Å²) in [6.07, 6.45) is 3.70. The SMILES string of the molecule is CC(C)C(NC(=O)N[C@H](C(=O)C1C[C@H]2[C@@H]([C@H]1C(=O)NC(CC1CC1)C(=O)C(N)=O)C2(C)C)C(C)(C)C)C1CCCS1(=O)=O. The summed E-state index contributed by atoms with van der Waals surface area (Å²) in [6, 6.07) is -3.18. The zero-order valence-electron chi connectivity index (χ0n) is 26.6. The topological polar surface area (TPSA) is 182 Å². The lowest BCUT2D eigenvalue weighted by Gasteiger charge is -2.36. The molecule has 4 aliphatic rings. The molecule has 3 aliphatic carbocycles. The van der Waals surface area contributed by atoms with Crippen LogP contribution in [0.5, 0.6) is 0 Å². The number of carbonyl (C=O) groups is 5. The molecule has 0 aromatic heterocycles. The van der Waals surface area contributed by atoms with Crippen molar-refractivity contribution in [2.24, 2.45) is 52.1 Å². The lowest BCUT2D eigenvalue weighted by atomic mass is 9.74. The van der Waals surface area contributed by atoms with Gasteiger partial charge in [0.15, 0.2) is 15.6 Å². The van der Waals surface area contributed by atoms with Crippen LogP contribution in [0.15, 0.2) is 0 Å². The summed E-state index contributed by atoms with van der Waals surface area (Å²) in [5, 5.41) is 7.82. The second kappa shape index (κ2) is 11.8. The number of fused-ring (bicyclic) bond motifs is 1. The standard InChI is InChI=1S/C31H50N4O7S/c1-15(2)23(20-9-8-12-43(20,41)42)34-29(40)35-26(30(3,4)5)24(36)17-14-18-22(31(18,6)7)21(17)28(39)33-19(13-16-10-11-16)25(37)27(32)38/h15-23,26H,8-14H2,1-7H3,(H2,32,38)(H,33,39)(H2,34,35,40)/t17?,18-,19?,20?,21-,22-,23?,26+/m0/s1. The molecular formula is C31H50N4O7S. The number of sulfone groups is 1. The van der Waals surface area contributed by atoms with Crippen molar-refractivity contribution < 1.29 is 32.4 Å². The van der Waals surface area contributed by atoms with E-state index >= 15 is 0 Å². The minimum absolute atomic E-state index is 0.0703. The first-order valence-electron chi connectivity index (χ1n) is 15.7. The Morgan fingerprint density at radius 1 is 0.977 bits per heavy atom. The maximum Gasteiger partial charge on any atom is 0.315 e. The maximum absolute atomic E-state index is 14.3. The highest BCUT2D eigenvalue weighted by Gasteiger charge is 2.70. The number of nitrogens with one attached hydrogen (secondary N) is 3. The molecule has 5 N–H and O–H groups in total. The van der Waals surface area contributed by atoms with E-state index in [0.717, 1.165) is 12.8 Å². The summed E-state index contributed by atoms with van der Waals surface area (Å²) in [4.78, 5) is 65.7. The van der Waals surface area contributed by atoms with Crippen LogP contribution < -0.4 is 21.7 Å². The number of nitrogens with two attached hydrogens (primary N) is 1. The molecule has 12 heteroatoms.